The lowest BCUT2D eigenvalue weighted by Crippen LogP contribution is -2.45. The number of hydrogen-bond donors (Lipinski definition) is 2. The summed E-state index contributed by atoms with van der Waals surface area (Å²) in [7, 11) is 1.17. The van der Waals surface area contributed by atoms with Gasteiger partial charge in [-0.05, 0) is 41.5 Å². The molecule has 2 aromatic carbocycles. The van der Waals surface area contributed by atoms with Gasteiger partial charge in [0.15, 0.2) is 0 Å². The molecule has 1 unspecified atom stereocenters. The SMILES string of the molecule is CCCCCN(C(=O)OC)C(CCC(=O)O)C(=O)O.c1ccc2c(c1)Cc1ccccc1-2. The molecule has 0 heterocycles. The van der Waals surface area contributed by atoms with Gasteiger partial charge in [0.1, 0.15) is 6.04 Å². The molecular formula is C25H31NO6. The normalized spacial score (nSPS) is 11.9. The number of nitrogens with zero attached hydrogens (tertiary/aromatic N) is 1. The second-order valence-electron chi connectivity index (χ2n) is 7.65. The maximum absolute atomic E-state index is 11.6. The summed E-state index contributed by atoms with van der Waals surface area (Å²) in [5, 5.41) is 17.7. The predicted octanol–water partition coefficient (Wildman–Crippen LogP) is 4.82. The molecule has 172 valence electrons. The molecule has 7 heteroatoms. The van der Waals surface area contributed by atoms with Gasteiger partial charge in [-0.15, -0.1) is 0 Å². The molecule has 0 saturated carbocycles. The van der Waals surface area contributed by atoms with Crippen LogP contribution in [-0.2, 0) is 20.7 Å². The zero-order chi connectivity index (χ0) is 23.5. The summed E-state index contributed by atoms with van der Waals surface area (Å²) in [5.41, 5.74) is 5.75. The van der Waals surface area contributed by atoms with E-state index in [1.807, 2.05) is 6.92 Å². The molecule has 0 spiro atoms. The molecule has 2 aromatic rings. The van der Waals surface area contributed by atoms with Gasteiger partial charge >= 0.3 is 18.0 Å². The van der Waals surface area contributed by atoms with Crippen LogP contribution in [0.4, 0.5) is 4.79 Å². The maximum Gasteiger partial charge on any atom is 0.410 e. The number of amides is 1. The third-order valence-electron chi connectivity index (χ3n) is 5.41. The number of benzene rings is 2. The lowest BCUT2D eigenvalue weighted by Gasteiger charge is -2.27. The van der Waals surface area contributed by atoms with E-state index in [4.69, 9.17) is 10.2 Å². The Balaban J connectivity index is 0.000000239. The Morgan fingerprint density at radius 2 is 1.53 bits per heavy atom. The number of carbonyl (C=O) groups excluding carboxylic acids is 1. The Bertz CT molecular complexity index is 883. The summed E-state index contributed by atoms with van der Waals surface area (Å²) < 4.78 is 4.56. The first kappa shape index (κ1) is 24.9. The van der Waals surface area contributed by atoms with Crippen LogP contribution in [0.1, 0.15) is 50.2 Å². The van der Waals surface area contributed by atoms with E-state index in [9.17, 15) is 14.4 Å². The highest BCUT2D eigenvalue weighted by Gasteiger charge is 2.30. The second kappa shape index (κ2) is 12.5. The first-order chi connectivity index (χ1) is 15.4. The van der Waals surface area contributed by atoms with Crippen LogP contribution < -0.4 is 0 Å². The van der Waals surface area contributed by atoms with E-state index in [0.29, 0.717) is 6.42 Å². The average molecular weight is 442 g/mol. The van der Waals surface area contributed by atoms with Gasteiger partial charge in [0.25, 0.3) is 0 Å². The molecule has 0 aromatic heterocycles. The van der Waals surface area contributed by atoms with Gasteiger partial charge < -0.3 is 14.9 Å². The minimum absolute atomic E-state index is 0.133. The Hall–Kier alpha value is -3.35. The van der Waals surface area contributed by atoms with Crippen molar-refractivity contribution in [1.29, 1.82) is 0 Å². The zero-order valence-corrected chi connectivity index (χ0v) is 18.6. The van der Waals surface area contributed by atoms with E-state index < -0.39 is 24.1 Å². The predicted molar refractivity (Wildman–Crippen MR) is 122 cm³/mol. The summed E-state index contributed by atoms with van der Waals surface area (Å²) >= 11 is 0. The second-order valence-corrected chi connectivity index (χ2v) is 7.65. The fraction of sp³-hybridized carbons (Fsp3) is 0.400. The van der Waals surface area contributed by atoms with Crippen molar-refractivity contribution in [3.8, 4) is 11.1 Å². The molecule has 1 aliphatic carbocycles. The maximum atomic E-state index is 11.6. The minimum atomic E-state index is -1.22. The zero-order valence-electron chi connectivity index (χ0n) is 18.6. The Morgan fingerprint density at radius 3 is 2.00 bits per heavy atom. The first-order valence-corrected chi connectivity index (χ1v) is 10.8. The van der Waals surface area contributed by atoms with Gasteiger partial charge in [0.2, 0.25) is 0 Å². The standard InChI is InChI=1S/C13H10.C12H21NO6/c1-3-7-12-10(5-1)9-11-6-2-4-8-13(11)12;1-3-4-5-8-13(12(18)19-2)9(11(16)17)6-7-10(14)15/h1-8H,9H2;9H,3-8H2,1-2H3,(H,14,15)(H,16,17). The van der Waals surface area contributed by atoms with E-state index in [2.05, 4.69) is 53.3 Å². The third-order valence-corrected chi connectivity index (χ3v) is 5.41. The van der Waals surface area contributed by atoms with Gasteiger partial charge in [0.05, 0.1) is 7.11 Å². The summed E-state index contributed by atoms with van der Waals surface area (Å²) in [4.78, 5) is 34.4. The topological polar surface area (TPSA) is 104 Å². The monoisotopic (exact) mass is 441 g/mol. The number of ether oxygens (including phenoxy) is 1. The Kier molecular flexibility index (Phi) is 9.73. The largest absolute Gasteiger partial charge is 0.481 e. The van der Waals surface area contributed by atoms with E-state index in [1.165, 1.54) is 29.4 Å². The van der Waals surface area contributed by atoms with Crippen molar-refractivity contribution >= 4 is 18.0 Å². The Labute approximate surface area is 188 Å². The molecule has 0 bridgehead atoms. The van der Waals surface area contributed by atoms with Crippen molar-refractivity contribution in [3.05, 3.63) is 59.7 Å². The number of aliphatic carboxylic acids is 2. The first-order valence-electron chi connectivity index (χ1n) is 10.8. The highest BCUT2D eigenvalue weighted by molar-refractivity contribution is 5.80. The van der Waals surface area contributed by atoms with Crippen LogP contribution >= 0.6 is 0 Å². The molecule has 7 nitrogen and oxygen atoms in total. The van der Waals surface area contributed by atoms with E-state index in [0.717, 1.165) is 24.2 Å². The van der Waals surface area contributed by atoms with E-state index in [1.54, 1.807) is 0 Å². The number of rotatable bonds is 9. The van der Waals surface area contributed by atoms with E-state index >= 15 is 0 Å². The average Bonchev–Trinajstić information content (AvgIpc) is 3.16. The van der Waals surface area contributed by atoms with Crippen LogP contribution in [0.3, 0.4) is 0 Å². The van der Waals surface area contributed by atoms with Gasteiger partial charge in [-0.1, -0.05) is 68.3 Å². The lowest BCUT2D eigenvalue weighted by atomic mass is 10.1. The van der Waals surface area contributed by atoms with Crippen molar-refractivity contribution in [1.82, 2.24) is 4.90 Å². The van der Waals surface area contributed by atoms with Crippen LogP contribution in [0.5, 0.6) is 0 Å². The fourth-order valence-corrected chi connectivity index (χ4v) is 3.78. The van der Waals surface area contributed by atoms with Crippen LogP contribution in [0.2, 0.25) is 0 Å². The number of fused-ring (bicyclic) bond motifs is 3. The van der Waals surface area contributed by atoms with Gasteiger partial charge in [-0.2, -0.15) is 0 Å². The highest BCUT2D eigenvalue weighted by Crippen LogP contribution is 2.35. The fourth-order valence-electron chi connectivity index (χ4n) is 3.78. The number of carboxylic acids is 2. The quantitative estimate of drug-likeness (QED) is 0.461. The van der Waals surface area contributed by atoms with Crippen LogP contribution in [0.25, 0.3) is 11.1 Å². The van der Waals surface area contributed by atoms with Crippen LogP contribution in [0.15, 0.2) is 48.5 Å². The number of hydrogen-bond acceptors (Lipinski definition) is 4. The third kappa shape index (κ3) is 6.83. The van der Waals surface area contributed by atoms with Crippen molar-refractivity contribution in [2.45, 2.75) is 51.5 Å². The van der Waals surface area contributed by atoms with Crippen molar-refractivity contribution < 1.29 is 29.3 Å². The molecule has 0 radical (unpaired) electrons. The number of carbonyl (C=O) groups is 3. The molecule has 3 rings (SSSR count). The van der Waals surface area contributed by atoms with E-state index in [-0.39, 0.29) is 19.4 Å². The number of carboxylic acid groups (broad SMARTS) is 2. The summed E-state index contributed by atoms with van der Waals surface area (Å²) in [6.45, 7) is 2.23. The summed E-state index contributed by atoms with van der Waals surface area (Å²) in [6, 6.07) is 16.1. The van der Waals surface area contributed by atoms with Gasteiger partial charge in [-0.25, -0.2) is 9.59 Å². The highest BCUT2D eigenvalue weighted by atomic mass is 16.5. The molecular weight excluding hydrogens is 410 g/mol. The van der Waals surface area contributed by atoms with Gasteiger partial charge in [-0.3, -0.25) is 9.69 Å². The number of methoxy groups -OCH3 is 1. The van der Waals surface area contributed by atoms with Gasteiger partial charge in [0, 0.05) is 13.0 Å². The summed E-state index contributed by atoms with van der Waals surface area (Å²) in [5.74, 6) is -2.31. The molecule has 1 atom stereocenters. The molecule has 0 aliphatic heterocycles. The van der Waals surface area contributed by atoms with Crippen LogP contribution in [-0.4, -0.2) is 52.8 Å². The lowest BCUT2D eigenvalue weighted by molar-refractivity contribution is -0.144. The molecule has 32 heavy (non-hydrogen) atoms. The van der Waals surface area contributed by atoms with Crippen LogP contribution in [0, 0.1) is 0 Å². The minimum Gasteiger partial charge on any atom is -0.481 e. The molecule has 1 amide bonds. The molecule has 2 N–H and O–H groups in total. The molecule has 0 saturated heterocycles. The van der Waals surface area contributed by atoms with Crippen molar-refractivity contribution in [2.75, 3.05) is 13.7 Å². The smallest absolute Gasteiger partial charge is 0.410 e. The summed E-state index contributed by atoms with van der Waals surface area (Å²) in [6.07, 6.45) is 2.37. The van der Waals surface area contributed by atoms with Crippen molar-refractivity contribution in [3.63, 3.8) is 0 Å². The molecule has 0 fully saturated rings. The van der Waals surface area contributed by atoms with Crippen molar-refractivity contribution in [2.24, 2.45) is 0 Å². The molecule has 1 aliphatic rings. The Morgan fingerprint density at radius 1 is 0.969 bits per heavy atom. The number of unbranched alkanes of at least 4 members (excludes halogenated alkanes) is 2.